The maximum Gasteiger partial charge on any atom is 0.316 e. The first-order valence-electron chi connectivity index (χ1n) is 7.47. The zero-order valence-electron chi connectivity index (χ0n) is 13.5. The van der Waals surface area contributed by atoms with Crippen LogP contribution >= 0.6 is 0 Å². The SMILES string of the molecule is Cc1cccc(COC(=O)C(c2ccc(F)cc2)C(C)(C)O)c1. The Bertz CT molecular complexity index is 672. The summed E-state index contributed by atoms with van der Waals surface area (Å²) >= 11 is 0. The molecule has 0 bridgehead atoms. The molecule has 122 valence electrons. The number of benzene rings is 2. The van der Waals surface area contributed by atoms with Crippen LogP contribution in [0, 0.1) is 12.7 Å². The van der Waals surface area contributed by atoms with Gasteiger partial charge >= 0.3 is 5.97 Å². The van der Waals surface area contributed by atoms with E-state index < -0.39 is 23.3 Å². The maximum atomic E-state index is 13.1. The van der Waals surface area contributed by atoms with Crippen molar-refractivity contribution in [3.63, 3.8) is 0 Å². The molecular weight excluding hydrogens is 295 g/mol. The number of hydrogen-bond acceptors (Lipinski definition) is 3. The third-order valence-electron chi connectivity index (χ3n) is 3.61. The molecule has 2 aromatic rings. The smallest absolute Gasteiger partial charge is 0.316 e. The van der Waals surface area contributed by atoms with E-state index in [-0.39, 0.29) is 6.61 Å². The van der Waals surface area contributed by atoms with Crippen LogP contribution < -0.4 is 0 Å². The van der Waals surface area contributed by atoms with Crippen LogP contribution in [-0.2, 0) is 16.1 Å². The van der Waals surface area contributed by atoms with E-state index >= 15 is 0 Å². The third-order valence-corrected chi connectivity index (χ3v) is 3.61. The summed E-state index contributed by atoms with van der Waals surface area (Å²) in [7, 11) is 0. The largest absolute Gasteiger partial charge is 0.460 e. The lowest BCUT2D eigenvalue weighted by molar-refractivity contribution is -0.152. The molecule has 0 aliphatic rings. The van der Waals surface area contributed by atoms with E-state index in [1.165, 1.54) is 38.1 Å². The van der Waals surface area contributed by atoms with Crippen LogP contribution in [0.3, 0.4) is 0 Å². The van der Waals surface area contributed by atoms with Gasteiger partial charge in [0.25, 0.3) is 0 Å². The zero-order valence-corrected chi connectivity index (χ0v) is 13.5. The van der Waals surface area contributed by atoms with E-state index in [4.69, 9.17) is 4.74 Å². The fourth-order valence-electron chi connectivity index (χ4n) is 2.53. The highest BCUT2D eigenvalue weighted by atomic mass is 19.1. The minimum absolute atomic E-state index is 0.133. The van der Waals surface area contributed by atoms with Gasteiger partial charge in [-0.25, -0.2) is 4.39 Å². The molecule has 0 aliphatic heterocycles. The quantitative estimate of drug-likeness (QED) is 0.855. The van der Waals surface area contributed by atoms with Gasteiger partial charge in [-0.1, -0.05) is 42.0 Å². The van der Waals surface area contributed by atoms with Crippen LogP contribution in [0.25, 0.3) is 0 Å². The van der Waals surface area contributed by atoms with E-state index in [9.17, 15) is 14.3 Å². The lowest BCUT2D eigenvalue weighted by Crippen LogP contribution is -2.35. The Morgan fingerprint density at radius 1 is 1.22 bits per heavy atom. The molecule has 1 N–H and O–H groups in total. The van der Waals surface area contributed by atoms with Crippen molar-refractivity contribution in [2.75, 3.05) is 0 Å². The van der Waals surface area contributed by atoms with Crippen molar-refractivity contribution in [1.29, 1.82) is 0 Å². The highest BCUT2D eigenvalue weighted by molar-refractivity contribution is 5.79. The first-order valence-corrected chi connectivity index (χ1v) is 7.47. The molecule has 0 saturated carbocycles. The number of aryl methyl sites for hydroxylation is 1. The molecule has 3 nitrogen and oxygen atoms in total. The standard InChI is InChI=1S/C19H21FO3/c1-13-5-4-6-14(11-13)12-23-18(21)17(19(2,3)22)15-7-9-16(20)10-8-15/h4-11,17,22H,12H2,1-3H3. The Balaban J connectivity index is 2.16. The van der Waals surface area contributed by atoms with Crippen LogP contribution in [0.4, 0.5) is 4.39 Å². The number of carbonyl (C=O) groups excluding carboxylic acids is 1. The van der Waals surface area contributed by atoms with Crippen molar-refractivity contribution >= 4 is 5.97 Å². The van der Waals surface area contributed by atoms with Crippen LogP contribution in [0.1, 0.15) is 36.5 Å². The molecule has 4 heteroatoms. The van der Waals surface area contributed by atoms with E-state index in [1.807, 2.05) is 31.2 Å². The molecule has 0 amide bonds. The fourth-order valence-corrected chi connectivity index (χ4v) is 2.53. The topological polar surface area (TPSA) is 46.5 Å². The molecule has 1 atom stereocenters. The minimum Gasteiger partial charge on any atom is -0.460 e. The number of halogens is 1. The van der Waals surface area contributed by atoms with Crippen LogP contribution in [-0.4, -0.2) is 16.7 Å². The van der Waals surface area contributed by atoms with Gasteiger partial charge in [0.2, 0.25) is 0 Å². The number of ether oxygens (including phenoxy) is 1. The number of aliphatic hydroxyl groups is 1. The average molecular weight is 316 g/mol. The molecular formula is C19H21FO3. The number of rotatable bonds is 5. The highest BCUT2D eigenvalue weighted by Crippen LogP contribution is 2.30. The average Bonchev–Trinajstić information content (AvgIpc) is 2.46. The summed E-state index contributed by atoms with van der Waals surface area (Å²) in [6.45, 7) is 5.17. The Kier molecular flexibility index (Phi) is 5.16. The molecule has 2 rings (SSSR count). The van der Waals surface area contributed by atoms with Crippen LogP contribution in [0.15, 0.2) is 48.5 Å². The van der Waals surface area contributed by atoms with Crippen molar-refractivity contribution in [2.24, 2.45) is 0 Å². The van der Waals surface area contributed by atoms with Crippen molar-refractivity contribution in [3.8, 4) is 0 Å². The van der Waals surface area contributed by atoms with Crippen molar-refractivity contribution in [3.05, 3.63) is 71.0 Å². The first-order chi connectivity index (χ1) is 10.8. The highest BCUT2D eigenvalue weighted by Gasteiger charge is 2.36. The van der Waals surface area contributed by atoms with E-state index in [1.54, 1.807) is 0 Å². The molecule has 0 saturated heterocycles. The predicted molar refractivity (Wildman–Crippen MR) is 86.4 cm³/mol. The Labute approximate surface area is 135 Å². The van der Waals surface area contributed by atoms with Gasteiger partial charge in [-0.3, -0.25) is 4.79 Å². The summed E-state index contributed by atoms with van der Waals surface area (Å²) in [6.07, 6.45) is 0. The third kappa shape index (κ3) is 4.63. The summed E-state index contributed by atoms with van der Waals surface area (Å²) in [5.41, 5.74) is 1.16. The van der Waals surface area contributed by atoms with Gasteiger partial charge < -0.3 is 9.84 Å². The Hall–Kier alpha value is -2.20. The summed E-state index contributed by atoms with van der Waals surface area (Å²) in [4.78, 5) is 12.5. The van der Waals surface area contributed by atoms with Crippen molar-refractivity contribution in [1.82, 2.24) is 0 Å². The van der Waals surface area contributed by atoms with Gasteiger partial charge in [-0.2, -0.15) is 0 Å². The van der Waals surface area contributed by atoms with Gasteiger partial charge in [0, 0.05) is 0 Å². The lowest BCUT2D eigenvalue weighted by Gasteiger charge is -2.28. The monoisotopic (exact) mass is 316 g/mol. The second-order valence-corrected chi connectivity index (χ2v) is 6.23. The number of esters is 1. The van der Waals surface area contributed by atoms with Gasteiger partial charge in [-0.05, 0) is 44.0 Å². The molecule has 0 aliphatic carbocycles. The zero-order chi connectivity index (χ0) is 17.0. The van der Waals surface area contributed by atoms with Crippen molar-refractivity contribution < 1.29 is 19.0 Å². The number of carbonyl (C=O) groups is 1. The summed E-state index contributed by atoms with van der Waals surface area (Å²) in [5, 5.41) is 10.3. The second kappa shape index (κ2) is 6.92. The molecule has 0 heterocycles. The molecule has 2 aromatic carbocycles. The van der Waals surface area contributed by atoms with E-state index in [2.05, 4.69) is 0 Å². The Morgan fingerprint density at radius 2 is 1.87 bits per heavy atom. The summed E-state index contributed by atoms with van der Waals surface area (Å²) < 4.78 is 18.4. The van der Waals surface area contributed by atoms with Gasteiger partial charge in [0.05, 0.1) is 5.60 Å². The normalized spacial score (nSPS) is 12.7. The first kappa shape index (κ1) is 17.2. The van der Waals surface area contributed by atoms with E-state index in [0.29, 0.717) is 5.56 Å². The number of hydrogen-bond donors (Lipinski definition) is 1. The van der Waals surface area contributed by atoms with Gasteiger partial charge in [0.15, 0.2) is 0 Å². The molecule has 0 aromatic heterocycles. The summed E-state index contributed by atoms with van der Waals surface area (Å²) in [6, 6.07) is 13.2. The van der Waals surface area contributed by atoms with Crippen LogP contribution in [0.5, 0.6) is 0 Å². The van der Waals surface area contributed by atoms with Gasteiger partial charge in [-0.15, -0.1) is 0 Å². The predicted octanol–water partition coefficient (Wildman–Crippen LogP) is 3.73. The summed E-state index contributed by atoms with van der Waals surface area (Å²) in [5.74, 6) is -1.81. The molecule has 23 heavy (non-hydrogen) atoms. The van der Waals surface area contributed by atoms with Crippen LogP contribution in [0.2, 0.25) is 0 Å². The van der Waals surface area contributed by atoms with E-state index in [0.717, 1.165) is 11.1 Å². The lowest BCUT2D eigenvalue weighted by atomic mass is 9.85. The molecule has 0 radical (unpaired) electrons. The minimum atomic E-state index is -1.32. The van der Waals surface area contributed by atoms with Gasteiger partial charge in [0.1, 0.15) is 18.3 Å². The van der Waals surface area contributed by atoms with Crippen molar-refractivity contribution in [2.45, 2.75) is 38.9 Å². The maximum absolute atomic E-state index is 13.1. The molecule has 1 unspecified atom stereocenters. The second-order valence-electron chi connectivity index (χ2n) is 6.23. The molecule has 0 fully saturated rings. The Morgan fingerprint density at radius 3 is 2.43 bits per heavy atom. The fraction of sp³-hybridized carbons (Fsp3) is 0.316. The molecule has 0 spiro atoms.